The molecule has 2 atom stereocenters. The molecule has 136 valence electrons. The van der Waals surface area contributed by atoms with Crippen LogP contribution in [0, 0.1) is 5.92 Å². The highest BCUT2D eigenvalue weighted by molar-refractivity contribution is 7.89. The van der Waals surface area contributed by atoms with Crippen LogP contribution in [-0.2, 0) is 16.6 Å². The largest absolute Gasteiger partial charge is 0.391 e. The fraction of sp³-hybridized carbons (Fsp3) is 0.800. The highest BCUT2D eigenvalue weighted by Gasteiger charge is 2.35. The van der Waals surface area contributed by atoms with Crippen molar-refractivity contribution >= 4 is 26.5 Å². The van der Waals surface area contributed by atoms with Gasteiger partial charge >= 0.3 is 0 Å². The monoisotopic (exact) mass is 374 g/mol. The lowest BCUT2D eigenvalue weighted by Crippen LogP contribution is -2.33. The fourth-order valence-corrected chi connectivity index (χ4v) is 5.47. The van der Waals surface area contributed by atoms with Gasteiger partial charge in [0, 0.05) is 63.8 Å². The van der Waals surface area contributed by atoms with Crippen LogP contribution in [0.5, 0.6) is 0 Å². The molecule has 3 heterocycles. The maximum absolute atomic E-state index is 12.0. The maximum Gasteiger partial charge on any atom is 0.214 e. The van der Waals surface area contributed by atoms with E-state index in [1.54, 1.807) is 11.3 Å². The Kier molecular flexibility index (Phi) is 5.45. The second kappa shape index (κ2) is 7.25. The van der Waals surface area contributed by atoms with E-state index >= 15 is 0 Å². The summed E-state index contributed by atoms with van der Waals surface area (Å²) >= 11 is 1.70. The van der Waals surface area contributed by atoms with Crippen molar-refractivity contribution in [3.63, 3.8) is 0 Å². The molecule has 7 nitrogen and oxygen atoms in total. The zero-order chi connectivity index (χ0) is 17.3. The molecule has 0 aliphatic carbocycles. The number of β-amino-alcohol motifs (C(OH)–C–C–N with tert-alkyl or cyclic N) is 1. The van der Waals surface area contributed by atoms with Crippen molar-refractivity contribution in [3.05, 3.63) is 11.1 Å². The summed E-state index contributed by atoms with van der Waals surface area (Å²) in [5.41, 5.74) is 0. The van der Waals surface area contributed by atoms with Gasteiger partial charge in [0.05, 0.1) is 11.9 Å². The average Bonchev–Trinajstić information content (AvgIpc) is 3.21. The van der Waals surface area contributed by atoms with Gasteiger partial charge < -0.3 is 10.0 Å². The molecule has 0 amide bonds. The van der Waals surface area contributed by atoms with Crippen molar-refractivity contribution in [1.82, 2.24) is 14.2 Å². The Labute approximate surface area is 147 Å². The van der Waals surface area contributed by atoms with Crippen molar-refractivity contribution in [1.29, 1.82) is 0 Å². The van der Waals surface area contributed by atoms with Crippen LogP contribution in [0.1, 0.15) is 17.7 Å². The molecule has 0 bridgehead atoms. The molecule has 2 saturated heterocycles. The second-order valence-electron chi connectivity index (χ2n) is 6.89. The Bertz CT molecular complexity index is 655. The van der Waals surface area contributed by atoms with E-state index in [1.807, 2.05) is 6.20 Å². The van der Waals surface area contributed by atoms with Gasteiger partial charge in [-0.25, -0.2) is 17.7 Å². The number of rotatable bonds is 6. The first-order valence-electron chi connectivity index (χ1n) is 8.35. The van der Waals surface area contributed by atoms with Crippen LogP contribution in [0.2, 0.25) is 0 Å². The predicted octanol–water partition coefficient (Wildman–Crippen LogP) is 0.427. The van der Waals surface area contributed by atoms with Crippen molar-refractivity contribution in [2.45, 2.75) is 25.5 Å². The Morgan fingerprint density at radius 2 is 2.04 bits per heavy atom. The number of thiazole rings is 1. The van der Waals surface area contributed by atoms with Crippen LogP contribution >= 0.6 is 11.3 Å². The summed E-state index contributed by atoms with van der Waals surface area (Å²) in [4.78, 5) is 10.1. The molecule has 0 spiro atoms. The first-order valence-corrected chi connectivity index (χ1v) is 10.8. The first-order chi connectivity index (χ1) is 11.3. The molecule has 2 aliphatic heterocycles. The third-order valence-electron chi connectivity index (χ3n) is 4.76. The molecule has 1 aromatic heterocycles. The standard InChI is InChI=1S/C15H26N4O3S2/c1-17(2)24(21,22)11-12-8-18(10-14(12)20)9-13-7-16-15(23-13)19-5-3-4-6-19/h7,12,14,20H,3-6,8-11H2,1-2H3/t12-,14-/m0/s1. The van der Waals surface area contributed by atoms with E-state index in [1.165, 1.54) is 36.1 Å². The summed E-state index contributed by atoms with van der Waals surface area (Å²) in [7, 11) is -0.221. The van der Waals surface area contributed by atoms with Gasteiger partial charge in [0.1, 0.15) is 0 Å². The number of aliphatic hydroxyl groups excluding tert-OH is 1. The number of aromatic nitrogens is 1. The van der Waals surface area contributed by atoms with E-state index in [2.05, 4.69) is 14.8 Å². The molecule has 0 saturated carbocycles. The van der Waals surface area contributed by atoms with Gasteiger partial charge in [-0.05, 0) is 12.8 Å². The Morgan fingerprint density at radius 1 is 1.33 bits per heavy atom. The first kappa shape index (κ1) is 18.1. The van der Waals surface area contributed by atoms with E-state index in [4.69, 9.17) is 0 Å². The minimum Gasteiger partial charge on any atom is -0.391 e. The predicted molar refractivity (Wildman–Crippen MR) is 95.8 cm³/mol. The van der Waals surface area contributed by atoms with E-state index in [0.717, 1.165) is 24.8 Å². The summed E-state index contributed by atoms with van der Waals surface area (Å²) in [6.45, 7) is 4.01. The smallest absolute Gasteiger partial charge is 0.214 e. The Morgan fingerprint density at radius 3 is 2.71 bits per heavy atom. The van der Waals surface area contributed by atoms with Crippen LogP contribution < -0.4 is 4.90 Å². The highest BCUT2D eigenvalue weighted by atomic mass is 32.2. The summed E-state index contributed by atoms with van der Waals surface area (Å²) in [5, 5.41) is 11.3. The van der Waals surface area contributed by atoms with Crippen LogP contribution in [0.25, 0.3) is 0 Å². The Balaban J connectivity index is 1.57. The van der Waals surface area contributed by atoms with Gasteiger partial charge in [-0.15, -0.1) is 11.3 Å². The summed E-state index contributed by atoms with van der Waals surface area (Å²) < 4.78 is 25.3. The molecule has 2 fully saturated rings. The quantitative estimate of drug-likeness (QED) is 0.778. The zero-order valence-corrected chi connectivity index (χ0v) is 15.9. The van der Waals surface area contributed by atoms with Gasteiger partial charge in [0.25, 0.3) is 0 Å². The molecule has 0 unspecified atom stereocenters. The maximum atomic E-state index is 12.0. The number of hydrogen-bond acceptors (Lipinski definition) is 7. The van der Waals surface area contributed by atoms with Crippen LogP contribution in [0.4, 0.5) is 5.13 Å². The van der Waals surface area contributed by atoms with Gasteiger partial charge in [0.15, 0.2) is 5.13 Å². The molecular formula is C15H26N4O3S2. The Hall–Kier alpha value is -0.740. The number of nitrogens with zero attached hydrogens (tertiary/aromatic N) is 4. The van der Waals surface area contributed by atoms with Crippen LogP contribution in [-0.4, -0.2) is 79.8 Å². The molecule has 0 aromatic carbocycles. The van der Waals surface area contributed by atoms with Gasteiger partial charge in [-0.2, -0.15) is 0 Å². The normalized spacial score (nSPS) is 25.9. The van der Waals surface area contributed by atoms with Gasteiger partial charge in [-0.1, -0.05) is 0 Å². The van der Waals surface area contributed by atoms with Gasteiger partial charge in [0.2, 0.25) is 10.0 Å². The van der Waals surface area contributed by atoms with E-state index in [9.17, 15) is 13.5 Å². The molecular weight excluding hydrogens is 348 g/mol. The van der Waals surface area contributed by atoms with Crippen LogP contribution in [0.15, 0.2) is 6.20 Å². The molecule has 3 rings (SSSR count). The minimum atomic E-state index is -3.29. The number of likely N-dealkylation sites (tertiary alicyclic amines) is 1. The van der Waals surface area contributed by atoms with Crippen LogP contribution in [0.3, 0.4) is 0 Å². The third kappa shape index (κ3) is 4.08. The number of aliphatic hydroxyl groups is 1. The molecule has 0 radical (unpaired) electrons. The molecule has 24 heavy (non-hydrogen) atoms. The highest BCUT2D eigenvalue weighted by Crippen LogP contribution is 2.28. The van der Waals surface area contributed by atoms with E-state index in [-0.39, 0.29) is 11.7 Å². The van der Waals surface area contributed by atoms with Crippen molar-refractivity contribution in [3.8, 4) is 0 Å². The lowest BCUT2D eigenvalue weighted by atomic mass is 10.1. The fourth-order valence-electron chi connectivity index (χ4n) is 3.30. The third-order valence-corrected chi connectivity index (χ3v) is 7.77. The van der Waals surface area contributed by atoms with Crippen molar-refractivity contribution in [2.24, 2.45) is 5.92 Å². The number of hydrogen-bond donors (Lipinski definition) is 1. The summed E-state index contributed by atoms with van der Waals surface area (Å²) in [6, 6.07) is 0. The lowest BCUT2D eigenvalue weighted by molar-refractivity contribution is 0.148. The summed E-state index contributed by atoms with van der Waals surface area (Å²) in [5.74, 6) is -0.234. The second-order valence-corrected chi connectivity index (χ2v) is 10.2. The van der Waals surface area contributed by atoms with Gasteiger partial charge in [-0.3, -0.25) is 4.90 Å². The SMILES string of the molecule is CN(C)S(=O)(=O)C[C@@H]1CN(Cc2cnc(N3CCCC3)s2)C[C@@H]1O. The topological polar surface area (TPSA) is 77.0 Å². The van der Waals surface area contributed by atoms with E-state index in [0.29, 0.717) is 13.1 Å². The average molecular weight is 375 g/mol. The molecule has 1 aromatic rings. The number of sulfonamides is 1. The van der Waals surface area contributed by atoms with Crippen molar-refractivity contribution in [2.75, 3.05) is 50.9 Å². The lowest BCUT2D eigenvalue weighted by Gasteiger charge is -2.17. The number of anilines is 1. The molecule has 1 N–H and O–H groups in total. The zero-order valence-electron chi connectivity index (χ0n) is 14.3. The minimum absolute atomic E-state index is 0.000610. The van der Waals surface area contributed by atoms with E-state index < -0.39 is 16.1 Å². The molecule has 2 aliphatic rings. The van der Waals surface area contributed by atoms with Crippen molar-refractivity contribution < 1.29 is 13.5 Å². The molecule has 9 heteroatoms. The summed E-state index contributed by atoms with van der Waals surface area (Å²) in [6.07, 6.45) is 3.78.